The molecule has 4 heterocycles. The maximum absolute atomic E-state index is 13.4. The minimum Gasteiger partial charge on any atom is -0.360 e. The number of hydrogen-bond donors (Lipinski definition) is 0. The summed E-state index contributed by atoms with van der Waals surface area (Å²) in [6.07, 6.45) is 3.50. The monoisotopic (exact) mass is 413 g/mol. The molecule has 5 rings (SSSR count). The number of carbonyl (C=O) groups excluding carboxylic acids is 3. The predicted molar refractivity (Wildman–Crippen MR) is 105 cm³/mol. The summed E-state index contributed by atoms with van der Waals surface area (Å²) in [5.41, 5.74) is -0.368. The number of hydrogen-bond acceptors (Lipinski definition) is 4. The second-order valence-corrected chi connectivity index (χ2v) is 8.38. The van der Waals surface area contributed by atoms with Crippen molar-refractivity contribution in [1.82, 2.24) is 14.7 Å². The van der Waals surface area contributed by atoms with Crippen LogP contribution in [0.3, 0.4) is 0 Å². The van der Waals surface area contributed by atoms with Gasteiger partial charge < -0.3 is 19.4 Å². The molecule has 0 aromatic heterocycles. The molecule has 158 valence electrons. The normalized spacial score (nSPS) is 32.1. The molecule has 4 atom stereocenters. The number of fused-ring (bicyclic) bond motifs is 1. The van der Waals surface area contributed by atoms with Gasteiger partial charge in [0.05, 0.1) is 24.5 Å². The fraction of sp³-hybridized carbons (Fsp3) is 0.500. The first-order chi connectivity index (χ1) is 14.4. The van der Waals surface area contributed by atoms with E-state index in [1.165, 1.54) is 18.2 Å². The molecule has 3 amide bonds. The molecule has 1 aromatic carbocycles. The number of rotatable bonds is 3. The van der Waals surface area contributed by atoms with Crippen molar-refractivity contribution >= 4 is 17.7 Å². The number of benzene rings is 1. The van der Waals surface area contributed by atoms with E-state index in [0.29, 0.717) is 44.8 Å². The number of halogens is 1. The molecule has 7 nitrogen and oxygen atoms in total. The Labute approximate surface area is 174 Å². The molecule has 0 aliphatic carbocycles. The first-order valence-corrected chi connectivity index (χ1v) is 10.4. The zero-order valence-electron chi connectivity index (χ0n) is 16.8. The van der Waals surface area contributed by atoms with Gasteiger partial charge in [-0.15, -0.1) is 0 Å². The van der Waals surface area contributed by atoms with Gasteiger partial charge in [-0.25, -0.2) is 4.39 Å². The van der Waals surface area contributed by atoms with Crippen LogP contribution < -0.4 is 0 Å². The molecule has 3 fully saturated rings. The second-order valence-electron chi connectivity index (χ2n) is 8.38. The summed E-state index contributed by atoms with van der Waals surface area (Å²) >= 11 is 0. The van der Waals surface area contributed by atoms with Crippen molar-refractivity contribution in [2.24, 2.45) is 11.8 Å². The zero-order valence-corrected chi connectivity index (χ0v) is 16.8. The van der Waals surface area contributed by atoms with Crippen molar-refractivity contribution in [3.63, 3.8) is 0 Å². The molecule has 1 spiro atoms. The lowest BCUT2D eigenvalue weighted by atomic mass is 9.76. The molecule has 3 saturated heterocycles. The molecular weight excluding hydrogens is 389 g/mol. The molecule has 8 heteroatoms. The number of likely N-dealkylation sites (N-methyl/N-ethyl adjacent to an activating group) is 1. The molecule has 30 heavy (non-hydrogen) atoms. The van der Waals surface area contributed by atoms with E-state index < -0.39 is 23.3 Å². The van der Waals surface area contributed by atoms with Crippen molar-refractivity contribution in [2.45, 2.75) is 18.6 Å². The maximum atomic E-state index is 13.4. The first-order valence-electron chi connectivity index (χ1n) is 10.4. The van der Waals surface area contributed by atoms with Gasteiger partial charge in [0.2, 0.25) is 11.8 Å². The average Bonchev–Trinajstić information content (AvgIpc) is 3.41. The Kier molecular flexibility index (Phi) is 4.43. The topological polar surface area (TPSA) is 70.2 Å². The van der Waals surface area contributed by atoms with Gasteiger partial charge in [0.1, 0.15) is 11.4 Å². The van der Waals surface area contributed by atoms with Crippen molar-refractivity contribution < 1.29 is 23.5 Å². The Hall–Kier alpha value is -2.74. The summed E-state index contributed by atoms with van der Waals surface area (Å²) in [7, 11) is 0. The molecule has 1 aromatic rings. The van der Waals surface area contributed by atoms with Gasteiger partial charge in [0.15, 0.2) is 0 Å². The van der Waals surface area contributed by atoms with Crippen molar-refractivity contribution in [3.8, 4) is 0 Å². The molecular formula is C22H24FN3O4. The summed E-state index contributed by atoms with van der Waals surface area (Å²) in [5.74, 6) is -1.76. The van der Waals surface area contributed by atoms with Gasteiger partial charge in [-0.1, -0.05) is 18.2 Å². The molecule has 0 unspecified atom stereocenters. The smallest absolute Gasteiger partial charge is 0.254 e. The fourth-order valence-corrected chi connectivity index (χ4v) is 5.27. The van der Waals surface area contributed by atoms with Gasteiger partial charge in [0.25, 0.3) is 5.91 Å². The lowest BCUT2D eigenvalue weighted by Gasteiger charge is -2.37. The van der Waals surface area contributed by atoms with Gasteiger partial charge in [-0.05, 0) is 25.1 Å². The number of ether oxygens (including phenoxy) is 1. The Morgan fingerprint density at radius 1 is 1.20 bits per heavy atom. The predicted octanol–water partition coefficient (Wildman–Crippen LogP) is 0.912. The highest BCUT2D eigenvalue weighted by Crippen LogP contribution is 2.52. The van der Waals surface area contributed by atoms with E-state index in [2.05, 4.69) is 0 Å². The zero-order chi connectivity index (χ0) is 21.0. The Balaban J connectivity index is 1.27. The minimum atomic E-state index is -0.673. The Morgan fingerprint density at radius 3 is 2.63 bits per heavy atom. The summed E-state index contributed by atoms with van der Waals surface area (Å²) in [5, 5.41) is 0. The van der Waals surface area contributed by atoms with Crippen LogP contribution in [0.2, 0.25) is 0 Å². The fourth-order valence-electron chi connectivity index (χ4n) is 5.27. The highest BCUT2D eigenvalue weighted by Gasteiger charge is 2.67. The van der Waals surface area contributed by atoms with Crippen molar-refractivity contribution in [1.29, 1.82) is 0 Å². The molecule has 4 aliphatic rings. The van der Waals surface area contributed by atoms with Crippen LogP contribution in [0.15, 0.2) is 36.4 Å². The summed E-state index contributed by atoms with van der Waals surface area (Å²) in [6.45, 7) is 4.55. The van der Waals surface area contributed by atoms with E-state index in [0.717, 1.165) is 0 Å². The third-order valence-corrected chi connectivity index (χ3v) is 6.80. The molecule has 0 saturated carbocycles. The number of likely N-dealkylation sites (tertiary alicyclic amines) is 1. The molecule has 4 aliphatic heterocycles. The Morgan fingerprint density at radius 2 is 1.93 bits per heavy atom. The van der Waals surface area contributed by atoms with E-state index in [1.807, 2.05) is 19.1 Å². The minimum absolute atomic E-state index is 0.0115. The standard InChI is InChI=1S/C22H24FN3O4/c1-2-24-13-22-7-6-16(30-22)17(18(22)21(24)29)20(28)26-10-8-25(9-11-26)19(27)14-4-3-5-15(23)12-14/h3-7,12,16-18H,2,8-11,13H2,1H3/t16-,17-,18-,22-/m1/s1. The van der Waals surface area contributed by atoms with E-state index in [1.54, 1.807) is 20.8 Å². The average molecular weight is 413 g/mol. The summed E-state index contributed by atoms with van der Waals surface area (Å²) in [6, 6.07) is 5.63. The van der Waals surface area contributed by atoms with Crippen LogP contribution in [0.25, 0.3) is 0 Å². The summed E-state index contributed by atoms with van der Waals surface area (Å²) < 4.78 is 19.5. The third-order valence-electron chi connectivity index (χ3n) is 6.80. The Bertz CT molecular complexity index is 942. The van der Waals surface area contributed by atoms with Crippen LogP contribution in [-0.4, -0.2) is 83.4 Å². The number of carbonyl (C=O) groups is 3. The van der Waals surface area contributed by atoms with Crippen molar-refractivity contribution in [3.05, 3.63) is 47.8 Å². The van der Waals surface area contributed by atoms with E-state index in [4.69, 9.17) is 4.74 Å². The van der Waals surface area contributed by atoms with Gasteiger partial charge in [0, 0.05) is 38.3 Å². The highest BCUT2D eigenvalue weighted by molar-refractivity contribution is 5.95. The maximum Gasteiger partial charge on any atom is 0.254 e. The van der Waals surface area contributed by atoms with Gasteiger partial charge >= 0.3 is 0 Å². The quantitative estimate of drug-likeness (QED) is 0.691. The van der Waals surface area contributed by atoms with Crippen LogP contribution >= 0.6 is 0 Å². The lowest BCUT2D eigenvalue weighted by Crippen LogP contribution is -2.54. The van der Waals surface area contributed by atoms with Crippen LogP contribution in [-0.2, 0) is 14.3 Å². The SMILES string of the molecule is CCN1C[C@@]23C=C[C@@H](O2)[C@@H](C(=O)N2CCN(C(=O)c4cccc(F)c4)CC2)[C@@H]3C1=O. The second kappa shape index (κ2) is 6.91. The van der Waals surface area contributed by atoms with Gasteiger partial charge in [-0.3, -0.25) is 14.4 Å². The number of nitrogens with zero attached hydrogens (tertiary/aromatic N) is 3. The molecule has 2 bridgehead atoms. The molecule has 0 radical (unpaired) electrons. The largest absolute Gasteiger partial charge is 0.360 e. The first kappa shape index (κ1) is 19.2. The highest BCUT2D eigenvalue weighted by atomic mass is 19.1. The number of amides is 3. The molecule has 0 N–H and O–H groups in total. The van der Waals surface area contributed by atoms with Crippen LogP contribution in [0.1, 0.15) is 17.3 Å². The van der Waals surface area contributed by atoms with E-state index in [-0.39, 0.29) is 23.8 Å². The lowest BCUT2D eigenvalue weighted by molar-refractivity contribution is -0.144. The third kappa shape index (κ3) is 2.77. The van der Waals surface area contributed by atoms with E-state index >= 15 is 0 Å². The van der Waals surface area contributed by atoms with Crippen LogP contribution in [0.4, 0.5) is 4.39 Å². The van der Waals surface area contributed by atoms with Crippen LogP contribution in [0.5, 0.6) is 0 Å². The van der Waals surface area contributed by atoms with E-state index in [9.17, 15) is 18.8 Å². The van der Waals surface area contributed by atoms with Crippen LogP contribution in [0, 0.1) is 17.7 Å². The van der Waals surface area contributed by atoms with Gasteiger partial charge in [-0.2, -0.15) is 0 Å². The summed E-state index contributed by atoms with van der Waals surface area (Å²) in [4.78, 5) is 44.0. The van der Waals surface area contributed by atoms with Crippen molar-refractivity contribution in [2.75, 3.05) is 39.3 Å². The number of piperazine rings is 1.